The molecule has 1 amide bonds. The van der Waals surface area contributed by atoms with Gasteiger partial charge in [0.2, 0.25) is 6.79 Å². The Hall–Kier alpha value is -3.84. The van der Waals surface area contributed by atoms with Crippen molar-refractivity contribution in [3.8, 4) is 11.5 Å². The highest BCUT2D eigenvalue weighted by Crippen LogP contribution is 2.46. The number of hydrogen-bond acceptors (Lipinski definition) is 6. The summed E-state index contributed by atoms with van der Waals surface area (Å²) < 4.78 is 11.3. The summed E-state index contributed by atoms with van der Waals surface area (Å²) in [5.74, 6) is 2.16. The molecule has 2 aromatic carbocycles. The van der Waals surface area contributed by atoms with Crippen molar-refractivity contribution in [1.82, 2.24) is 4.98 Å². The summed E-state index contributed by atoms with van der Waals surface area (Å²) in [5, 5.41) is 7.82. The number of benzene rings is 2. The molecule has 0 radical (unpaired) electrons. The minimum atomic E-state index is -0.224. The van der Waals surface area contributed by atoms with Gasteiger partial charge in [-0.1, -0.05) is 30.3 Å². The molecule has 6 nitrogen and oxygen atoms in total. The molecule has 1 aliphatic carbocycles. The van der Waals surface area contributed by atoms with Gasteiger partial charge in [0, 0.05) is 21.7 Å². The lowest BCUT2D eigenvalue weighted by Crippen LogP contribution is -2.19. The minimum Gasteiger partial charge on any atom is -0.454 e. The van der Waals surface area contributed by atoms with Crippen LogP contribution in [0.4, 0.5) is 10.8 Å². The molecule has 0 bridgehead atoms. The van der Waals surface area contributed by atoms with Gasteiger partial charge in [0.25, 0.3) is 5.91 Å². The lowest BCUT2D eigenvalue weighted by atomic mass is 9.89. The summed E-state index contributed by atoms with van der Waals surface area (Å²) >= 11 is 1.70. The van der Waals surface area contributed by atoms with Gasteiger partial charge in [-0.3, -0.25) is 4.79 Å². The predicted octanol–water partition coefficient (Wildman–Crippen LogP) is 6.51. The number of carbonyl (C=O) groups excluding carboxylic acids is 1. The smallest absolute Gasteiger partial charge is 0.256 e. The van der Waals surface area contributed by atoms with E-state index >= 15 is 0 Å². The number of aryl methyl sites for hydroxylation is 2. The van der Waals surface area contributed by atoms with Gasteiger partial charge in [-0.15, -0.1) is 11.3 Å². The molecule has 36 heavy (non-hydrogen) atoms. The monoisotopic (exact) mass is 497 g/mol. The van der Waals surface area contributed by atoms with Crippen LogP contribution in [0.15, 0.2) is 66.7 Å². The van der Waals surface area contributed by atoms with Gasteiger partial charge in [0.05, 0.1) is 6.04 Å². The van der Waals surface area contributed by atoms with Crippen molar-refractivity contribution in [2.45, 2.75) is 38.6 Å². The van der Waals surface area contributed by atoms with E-state index < -0.39 is 0 Å². The van der Waals surface area contributed by atoms with Gasteiger partial charge in [-0.25, -0.2) is 4.98 Å². The first-order chi connectivity index (χ1) is 17.7. The Balaban J connectivity index is 1.47. The first-order valence-electron chi connectivity index (χ1n) is 12.3. The van der Waals surface area contributed by atoms with Crippen molar-refractivity contribution in [3.05, 3.63) is 99.6 Å². The average molecular weight is 498 g/mol. The number of rotatable bonds is 6. The van der Waals surface area contributed by atoms with Gasteiger partial charge >= 0.3 is 0 Å². The molecule has 0 saturated carbocycles. The number of ether oxygens (including phenoxy) is 2. The second-order valence-electron chi connectivity index (χ2n) is 9.13. The Morgan fingerprint density at radius 2 is 1.81 bits per heavy atom. The van der Waals surface area contributed by atoms with E-state index in [1.165, 1.54) is 16.9 Å². The Morgan fingerprint density at radius 3 is 2.67 bits per heavy atom. The minimum absolute atomic E-state index is 0.103. The Morgan fingerprint density at radius 1 is 0.972 bits per heavy atom. The molecule has 1 atom stereocenters. The molecule has 182 valence electrons. The molecular weight excluding hydrogens is 470 g/mol. The molecule has 0 saturated heterocycles. The summed E-state index contributed by atoms with van der Waals surface area (Å²) in [7, 11) is 0. The lowest BCUT2D eigenvalue weighted by molar-refractivity contribution is 0.102. The van der Waals surface area contributed by atoms with Gasteiger partial charge in [0.15, 0.2) is 11.5 Å². The van der Waals surface area contributed by atoms with Crippen LogP contribution >= 0.6 is 11.3 Å². The Bertz CT molecular complexity index is 1420. The predicted molar refractivity (Wildman–Crippen MR) is 142 cm³/mol. The van der Waals surface area contributed by atoms with Crippen LogP contribution in [0.5, 0.6) is 11.5 Å². The second-order valence-corrected chi connectivity index (χ2v) is 10.2. The number of nitrogens with one attached hydrogen (secondary N) is 2. The molecule has 0 spiro atoms. The number of fused-ring (bicyclic) bond motifs is 2. The fourth-order valence-corrected chi connectivity index (χ4v) is 6.26. The largest absolute Gasteiger partial charge is 0.454 e. The average Bonchev–Trinajstić information content (AvgIpc) is 3.52. The first-order valence-corrected chi connectivity index (χ1v) is 13.1. The normalized spacial score (nSPS) is 14.7. The Kier molecular flexibility index (Phi) is 6.07. The maximum Gasteiger partial charge on any atom is 0.256 e. The molecule has 3 heterocycles. The zero-order chi connectivity index (χ0) is 24.5. The van der Waals surface area contributed by atoms with Crippen LogP contribution in [0.3, 0.4) is 0 Å². The number of pyridine rings is 1. The number of anilines is 2. The summed E-state index contributed by atoms with van der Waals surface area (Å²) in [6, 6.07) is 21.2. The van der Waals surface area contributed by atoms with Crippen molar-refractivity contribution >= 4 is 28.1 Å². The van der Waals surface area contributed by atoms with E-state index in [1.54, 1.807) is 11.3 Å². The van der Waals surface area contributed by atoms with Gasteiger partial charge in [-0.2, -0.15) is 0 Å². The highest BCUT2D eigenvalue weighted by Gasteiger charge is 2.30. The number of hydrogen-bond donors (Lipinski definition) is 2. The third-order valence-corrected chi connectivity index (χ3v) is 7.90. The number of nitrogens with zero attached hydrogens (tertiary/aromatic N) is 1. The summed E-state index contributed by atoms with van der Waals surface area (Å²) in [5.41, 5.74) is 5.06. The molecule has 2 aromatic heterocycles. The van der Waals surface area contributed by atoms with E-state index in [2.05, 4.69) is 16.7 Å². The van der Waals surface area contributed by atoms with Crippen LogP contribution < -0.4 is 20.1 Å². The third-order valence-electron chi connectivity index (χ3n) is 6.67. The van der Waals surface area contributed by atoms with Gasteiger partial charge in [-0.05, 0) is 80.1 Å². The standard InChI is InChI=1S/C29H27N3O3S/c1-18-8-7-13-25(30-18)31-27(20-14-15-22-23(16-20)35-17-34-22)26-21-11-5-6-12-24(21)36-29(26)32-28(33)19-9-3-2-4-10-19/h2-4,7-10,13-16,27H,5-6,11-12,17H2,1H3,(H,30,31)(H,32,33)/t27-/m1/s1. The van der Waals surface area contributed by atoms with Crippen molar-refractivity contribution in [2.24, 2.45) is 0 Å². The van der Waals surface area contributed by atoms with Crippen LogP contribution in [0.1, 0.15) is 56.5 Å². The quantitative estimate of drug-likeness (QED) is 0.318. The van der Waals surface area contributed by atoms with E-state index in [0.29, 0.717) is 5.56 Å². The summed E-state index contributed by atoms with van der Waals surface area (Å²) in [4.78, 5) is 19.3. The number of amides is 1. The van der Waals surface area contributed by atoms with Gasteiger partial charge < -0.3 is 20.1 Å². The van der Waals surface area contributed by atoms with E-state index in [9.17, 15) is 4.79 Å². The van der Waals surface area contributed by atoms with Crippen molar-refractivity contribution in [1.29, 1.82) is 0 Å². The van der Waals surface area contributed by atoms with Crippen LogP contribution in [-0.4, -0.2) is 17.7 Å². The molecular formula is C29H27N3O3S. The van der Waals surface area contributed by atoms with Crippen molar-refractivity contribution < 1.29 is 14.3 Å². The fraction of sp³-hybridized carbons (Fsp3) is 0.241. The van der Waals surface area contributed by atoms with E-state index in [1.807, 2.05) is 67.6 Å². The van der Waals surface area contributed by atoms with Crippen molar-refractivity contribution in [3.63, 3.8) is 0 Å². The molecule has 0 fully saturated rings. The molecule has 4 aromatic rings. The first kappa shape index (κ1) is 22.6. The summed E-state index contributed by atoms with van der Waals surface area (Å²) in [6.07, 6.45) is 4.33. The zero-order valence-electron chi connectivity index (χ0n) is 20.0. The summed E-state index contributed by atoms with van der Waals surface area (Å²) in [6.45, 7) is 2.21. The van der Waals surface area contributed by atoms with E-state index in [4.69, 9.17) is 14.5 Å². The van der Waals surface area contributed by atoms with Crippen LogP contribution in [0.2, 0.25) is 0 Å². The molecule has 0 unspecified atom stereocenters. The highest BCUT2D eigenvalue weighted by molar-refractivity contribution is 7.16. The van der Waals surface area contributed by atoms with E-state index in [-0.39, 0.29) is 18.7 Å². The van der Waals surface area contributed by atoms with Crippen LogP contribution in [0.25, 0.3) is 0 Å². The number of thiophene rings is 1. The molecule has 6 rings (SSSR count). The van der Waals surface area contributed by atoms with Gasteiger partial charge in [0.1, 0.15) is 10.8 Å². The molecule has 1 aliphatic heterocycles. The molecule has 2 aliphatic rings. The van der Waals surface area contributed by atoms with Crippen LogP contribution in [0, 0.1) is 6.92 Å². The maximum atomic E-state index is 13.2. The number of aromatic nitrogens is 1. The molecule has 2 N–H and O–H groups in total. The zero-order valence-corrected chi connectivity index (χ0v) is 20.9. The number of carbonyl (C=O) groups is 1. The maximum absolute atomic E-state index is 13.2. The highest BCUT2D eigenvalue weighted by atomic mass is 32.1. The lowest BCUT2D eigenvalue weighted by Gasteiger charge is -2.24. The van der Waals surface area contributed by atoms with E-state index in [0.717, 1.165) is 58.4 Å². The van der Waals surface area contributed by atoms with Crippen LogP contribution in [-0.2, 0) is 12.8 Å². The topological polar surface area (TPSA) is 72.5 Å². The SMILES string of the molecule is Cc1cccc(N[C@H](c2ccc3c(c2)OCO3)c2c(NC(=O)c3ccccc3)sc3c2CCCC3)n1. The fourth-order valence-electron chi connectivity index (χ4n) is 4.94. The molecule has 7 heteroatoms. The second kappa shape index (κ2) is 9.66. The van der Waals surface area contributed by atoms with Crippen molar-refractivity contribution in [2.75, 3.05) is 17.4 Å². The third kappa shape index (κ3) is 4.42. The Labute approximate surface area is 214 Å².